The Bertz CT molecular complexity index is 465. The second-order valence-corrected chi connectivity index (χ2v) is 6.75. The van der Waals surface area contributed by atoms with E-state index in [9.17, 15) is 0 Å². The van der Waals surface area contributed by atoms with Gasteiger partial charge in [-0.15, -0.1) is 0 Å². The van der Waals surface area contributed by atoms with E-state index < -0.39 is 0 Å². The number of fused-ring (bicyclic) bond motifs is 1. The summed E-state index contributed by atoms with van der Waals surface area (Å²) < 4.78 is 11.5. The third-order valence-corrected chi connectivity index (χ3v) is 5.25. The lowest BCUT2D eigenvalue weighted by Crippen LogP contribution is -2.43. The lowest BCUT2D eigenvalue weighted by molar-refractivity contribution is 0.0574. The van der Waals surface area contributed by atoms with Gasteiger partial charge in [-0.1, -0.05) is 6.92 Å². The van der Waals surface area contributed by atoms with Crippen LogP contribution in [0.3, 0.4) is 0 Å². The average Bonchev–Trinajstić information content (AvgIpc) is 2.70. The maximum Gasteiger partial charge on any atom is 0.125 e. The minimum absolute atomic E-state index is 0.0505. The van der Waals surface area contributed by atoms with Gasteiger partial charge in [-0.05, 0) is 24.6 Å². The van der Waals surface area contributed by atoms with Crippen LogP contribution in [0.25, 0.3) is 0 Å². The Labute approximate surface area is 112 Å². The highest BCUT2D eigenvalue weighted by atomic mass is 32.2. The molecule has 1 aromatic carbocycles. The van der Waals surface area contributed by atoms with Crippen molar-refractivity contribution in [2.45, 2.75) is 36.7 Å². The summed E-state index contributed by atoms with van der Waals surface area (Å²) in [5.41, 5.74) is 7.35. The number of benzene rings is 1. The van der Waals surface area contributed by atoms with Gasteiger partial charge in [0.25, 0.3) is 0 Å². The highest BCUT2D eigenvalue weighted by molar-refractivity contribution is 8.00. The van der Waals surface area contributed by atoms with Crippen molar-refractivity contribution in [3.63, 3.8) is 0 Å². The van der Waals surface area contributed by atoms with Crippen LogP contribution < -0.4 is 15.2 Å². The van der Waals surface area contributed by atoms with E-state index in [-0.39, 0.29) is 11.6 Å². The van der Waals surface area contributed by atoms with E-state index in [1.807, 2.05) is 30.0 Å². The Morgan fingerprint density at radius 2 is 2.28 bits per heavy atom. The zero-order valence-electron chi connectivity index (χ0n) is 10.8. The van der Waals surface area contributed by atoms with Gasteiger partial charge in [0.15, 0.2) is 0 Å². The second-order valence-electron chi connectivity index (χ2n) is 5.33. The molecule has 2 unspecified atom stereocenters. The fourth-order valence-corrected chi connectivity index (χ4v) is 4.28. The van der Waals surface area contributed by atoms with Crippen molar-refractivity contribution < 1.29 is 9.47 Å². The summed E-state index contributed by atoms with van der Waals surface area (Å²) >= 11 is 1.98. The number of ether oxygens (including phenoxy) is 2. The molecule has 4 heteroatoms. The zero-order valence-corrected chi connectivity index (χ0v) is 11.6. The van der Waals surface area contributed by atoms with E-state index in [4.69, 9.17) is 15.2 Å². The number of hydrogen-bond donors (Lipinski definition) is 1. The van der Waals surface area contributed by atoms with Gasteiger partial charge in [-0.2, -0.15) is 11.8 Å². The molecule has 3 nitrogen and oxygen atoms in total. The molecular formula is C14H19NO2S. The van der Waals surface area contributed by atoms with Crippen LogP contribution in [0.1, 0.15) is 31.4 Å². The van der Waals surface area contributed by atoms with Crippen LogP contribution in [0.2, 0.25) is 0 Å². The molecule has 0 aromatic heterocycles. The Morgan fingerprint density at radius 3 is 2.94 bits per heavy atom. The largest absolute Gasteiger partial charge is 0.497 e. The first-order valence-corrected chi connectivity index (χ1v) is 7.41. The molecule has 1 spiro atoms. The van der Waals surface area contributed by atoms with Crippen molar-refractivity contribution in [2.75, 3.05) is 12.9 Å². The van der Waals surface area contributed by atoms with Gasteiger partial charge in [-0.3, -0.25) is 0 Å². The molecule has 0 aliphatic carbocycles. The first kappa shape index (κ1) is 12.2. The Hall–Kier alpha value is -0.870. The minimum atomic E-state index is -0.0505. The van der Waals surface area contributed by atoms with Crippen molar-refractivity contribution in [1.29, 1.82) is 0 Å². The summed E-state index contributed by atoms with van der Waals surface area (Å²) in [5, 5.41) is 0.664. The molecule has 1 saturated heterocycles. The summed E-state index contributed by atoms with van der Waals surface area (Å²) in [6, 6.07) is 5.98. The van der Waals surface area contributed by atoms with Gasteiger partial charge < -0.3 is 15.2 Å². The summed E-state index contributed by atoms with van der Waals surface area (Å²) in [6.45, 7) is 2.26. The molecule has 3 rings (SSSR count). The van der Waals surface area contributed by atoms with Crippen molar-refractivity contribution in [3.05, 3.63) is 23.8 Å². The van der Waals surface area contributed by atoms with Crippen LogP contribution in [-0.4, -0.2) is 23.7 Å². The molecule has 0 bridgehead atoms. The van der Waals surface area contributed by atoms with E-state index in [0.717, 1.165) is 35.7 Å². The lowest BCUT2D eigenvalue weighted by atomic mass is 9.86. The Kier molecular flexibility index (Phi) is 2.94. The molecule has 1 fully saturated rings. The highest BCUT2D eigenvalue weighted by Crippen LogP contribution is 2.48. The van der Waals surface area contributed by atoms with Gasteiger partial charge in [0.05, 0.1) is 7.11 Å². The third kappa shape index (κ3) is 1.97. The number of methoxy groups -OCH3 is 1. The van der Waals surface area contributed by atoms with Gasteiger partial charge >= 0.3 is 0 Å². The van der Waals surface area contributed by atoms with Crippen LogP contribution in [-0.2, 0) is 0 Å². The molecule has 3 atom stereocenters. The molecule has 0 radical (unpaired) electrons. The van der Waals surface area contributed by atoms with E-state index in [1.165, 1.54) is 0 Å². The smallest absolute Gasteiger partial charge is 0.125 e. The highest BCUT2D eigenvalue weighted by Gasteiger charge is 2.45. The summed E-state index contributed by atoms with van der Waals surface area (Å²) in [5.74, 6) is 2.83. The number of rotatable bonds is 1. The molecule has 0 amide bonds. The molecule has 18 heavy (non-hydrogen) atoms. The summed E-state index contributed by atoms with van der Waals surface area (Å²) in [4.78, 5) is 0. The quantitative estimate of drug-likeness (QED) is 0.848. The number of hydrogen-bond acceptors (Lipinski definition) is 4. The predicted molar refractivity (Wildman–Crippen MR) is 74.4 cm³/mol. The van der Waals surface area contributed by atoms with Gasteiger partial charge in [0.1, 0.15) is 17.1 Å². The number of thioether (sulfide) groups is 1. The standard InChI is InChI=1S/C14H19NO2S/c1-9-6-14(8-18-9)7-12(15)11-5-10(16-2)3-4-13(11)17-14/h3-5,9,12H,6-8,15H2,1-2H3/t9?,12-,14?/m1/s1. The Morgan fingerprint density at radius 1 is 1.44 bits per heavy atom. The molecule has 0 saturated carbocycles. The van der Waals surface area contributed by atoms with Gasteiger partial charge in [0.2, 0.25) is 0 Å². The fraction of sp³-hybridized carbons (Fsp3) is 0.571. The topological polar surface area (TPSA) is 44.5 Å². The summed E-state index contributed by atoms with van der Waals surface area (Å²) in [6.07, 6.45) is 2.00. The SMILES string of the molecule is COc1ccc2c(c1)[C@H](N)CC1(CSC(C)C1)O2. The molecule has 1 aromatic rings. The van der Waals surface area contributed by atoms with E-state index in [0.29, 0.717) is 5.25 Å². The Balaban J connectivity index is 1.93. The first-order valence-electron chi connectivity index (χ1n) is 6.36. The fourth-order valence-electron chi connectivity index (χ4n) is 2.97. The zero-order chi connectivity index (χ0) is 12.8. The second kappa shape index (κ2) is 4.35. The van der Waals surface area contributed by atoms with Gasteiger partial charge in [0, 0.05) is 29.0 Å². The number of nitrogens with two attached hydrogens (primary N) is 1. The molecule has 2 aliphatic rings. The van der Waals surface area contributed by atoms with Crippen LogP contribution in [0.15, 0.2) is 18.2 Å². The van der Waals surface area contributed by atoms with Crippen LogP contribution in [0.4, 0.5) is 0 Å². The van der Waals surface area contributed by atoms with Crippen LogP contribution in [0, 0.1) is 0 Å². The normalized spacial score (nSPS) is 34.2. The molecule has 98 valence electrons. The molecular weight excluding hydrogens is 246 g/mol. The van der Waals surface area contributed by atoms with Crippen molar-refractivity contribution >= 4 is 11.8 Å². The maximum atomic E-state index is 6.33. The average molecular weight is 265 g/mol. The molecule has 2 aliphatic heterocycles. The van der Waals surface area contributed by atoms with E-state index >= 15 is 0 Å². The maximum absolute atomic E-state index is 6.33. The predicted octanol–water partition coefficient (Wildman–Crippen LogP) is 2.74. The monoisotopic (exact) mass is 265 g/mol. The van der Waals surface area contributed by atoms with Crippen LogP contribution in [0.5, 0.6) is 11.5 Å². The summed E-state index contributed by atoms with van der Waals surface area (Å²) in [7, 11) is 1.67. The van der Waals surface area contributed by atoms with E-state index in [1.54, 1.807) is 7.11 Å². The van der Waals surface area contributed by atoms with Crippen molar-refractivity contribution in [2.24, 2.45) is 5.73 Å². The lowest BCUT2D eigenvalue weighted by Gasteiger charge is -2.38. The van der Waals surface area contributed by atoms with Crippen molar-refractivity contribution in [3.8, 4) is 11.5 Å². The molecule has 2 N–H and O–H groups in total. The first-order chi connectivity index (χ1) is 8.62. The van der Waals surface area contributed by atoms with E-state index in [2.05, 4.69) is 6.92 Å². The van der Waals surface area contributed by atoms with Crippen molar-refractivity contribution in [1.82, 2.24) is 0 Å². The molecule has 2 heterocycles. The minimum Gasteiger partial charge on any atom is -0.497 e. The van der Waals surface area contributed by atoms with Crippen LogP contribution >= 0.6 is 11.8 Å². The third-order valence-electron chi connectivity index (χ3n) is 3.83. The van der Waals surface area contributed by atoms with Gasteiger partial charge in [-0.25, -0.2) is 0 Å².